The summed E-state index contributed by atoms with van der Waals surface area (Å²) in [6.07, 6.45) is 0. The van der Waals surface area contributed by atoms with E-state index in [-0.39, 0.29) is 4.84 Å². The van der Waals surface area contributed by atoms with Crippen molar-refractivity contribution in [1.29, 1.82) is 0 Å². The van der Waals surface area contributed by atoms with Gasteiger partial charge in [0.2, 0.25) is 0 Å². The summed E-state index contributed by atoms with van der Waals surface area (Å²) >= 11 is 12.7. The van der Waals surface area contributed by atoms with E-state index in [4.69, 9.17) is 23.2 Å². The summed E-state index contributed by atoms with van der Waals surface area (Å²) in [6.45, 7) is 0. The minimum atomic E-state index is -0.199. The van der Waals surface area contributed by atoms with Crippen molar-refractivity contribution in [1.82, 2.24) is 0 Å². The van der Waals surface area contributed by atoms with Gasteiger partial charge in [-0.3, -0.25) is 0 Å². The van der Waals surface area contributed by atoms with Gasteiger partial charge in [0.05, 0.1) is 0 Å². The number of rotatable bonds is 1. The second kappa shape index (κ2) is 3.33. The molecule has 0 fully saturated rings. The van der Waals surface area contributed by atoms with Crippen molar-refractivity contribution in [2.75, 3.05) is 0 Å². The van der Waals surface area contributed by atoms with E-state index in [9.17, 15) is 0 Å². The predicted molar refractivity (Wildman–Crippen MR) is 26.1 cm³/mol. The van der Waals surface area contributed by atoms with Crippen LogP contribution in [0.15, 0.2) is 0 Å². The van der Waals surface area contributed by atoms with Gasteiger partial charge in [-0.15, -0.1) is 0 Å². The summed E-state index contributed by atoms with van der Waals surface area (Å²) in [5.74, 6) is 0. The van der Waals surface area contributed by atoms with Crippen molar-refractivity contribution in [3.63, 3.8) is 0 Å². The monoisotopic (exact) mass is 172 g/mol. The van der Waals surface area contributed by atoms with Crippen LogP contribution < -0.4 is 0 Å². The van der Waals surface area contributed by atoms with E-state index in [0.717, 1.165) is 5.21 Å². The number of hydrogen-bond acceptors (Lipinski definition) is 0. The molecule has 0 saturated heterocycles. The van der Waals surface area contributed by atoms with Crippen LogP contribution in [-0.2, 0) is 0 Å². The Labute approximate surface area is 50.3 Å². The molecule has 5 heavy (non-hydrogen) atoms. The zero-order chi connectivity index (χ0) is 4.28. The van der Waals surface area contributed by atoms with Crippen LogP contribution in [0.4, 0.5) is 0 Å². The van der Waals surface area contributed by atoms with Crippen LogP contribution in [0.1, 0.15) is 0 Å². The van der Waals surface area contributed by atoms with Crippen LogP contribution in [0.2, 0.25) is 5.21 Å². The zero-order valence-electron chi connectivity index (χ0n) is 2.49. The average Bonchev–Trinajstić information content (AvgIpc) is 1.38. The van der Waals surface area contributed by atoms with E-state index in [1.807, 2.05) is 0 Å². The van der Waals surface area contributed by atoms with Gasteiger partial charge in [0.1, 0.15) is 0 Å². The molecule has 0 saturated carbocycles. The molecule has 0 spiro atoms. The van der Waals surface area contributed by atoms with Gasteiger partial charge >= 0.3 is 50.1 Å². The first kappa shape index (κ1) is 6.14. The molecule has 0 aliphatic carbocycles. The van der Waals surface area contributed by atoms with Crippen molar-refractivity contribution in [3.05, 3.63) is 0 Å². The average molecular weight is 173 g/mol. The number of hydrogen-bond donors (Lipinski definition) is 0. The molecule has 0 rings (SSSR count). The van der Waals surface area contributed by atoms with Crippen molar-refractivity contribution < 1.29 is 0 Å². The van der Waals surface area contributed by atoms with Crippen LogP contribution in [0, 0.1) is 0 Å². The van der Waals surface area contributed by atoms with Gasteiger partial charge in [0.15, 0.2) is 0 Å². The van der Waals surface area contributed by atoms with Crippen LogP contribution in [0.5, 0.6) is 0 Å². The molecule has 0 N–H and O–H groups in total. The Kier molecular flexibility index (Phi) is 4.09. The molecule has 0 aliphatic rings. The first-order valence-corrected chi connectivity index (χ1v) is 3.36. The first-order valence-electron chi connectivity index (χ1n) is 1.16. The molecule has 2 radical (unpaired) electrons. The Bertz CT molecular complexity index is 21.6. The second-order valence-corrected chi connectivity index (χ2v) is 2.62. The molecule has 0 aromatic rings. The Balaban J connectivity index is 2.54. The summed E-state index contributed by atoms with van der Waals surface area (Å²) in [4.78, 5) is -0.199. The van der Waals surface area contributed by atoms with Gasteiger partial charge < -0.3 is 0 Å². The topological polar surface area (TPSA) is 0 Å². The standard InChI is InChI=1S/C2H3AsCl2/c3-1-2(4)5/h2H,1H2. The summed E-state index contributed by atoms with van der Waals surface area (Å²) in [7, 11) is 0. The quantitative estimate of drug-likeness (QED) is 0.415. The predicted octanol–water partition coefficient (Wildman–Crippen LogP) is 1.38. The molecule has 0 aliphatic heterocycles. The summed E-state index contributed by atoms with van der Waals surface area (Å²) in [6, 6.07) is 0. The van der Waals surface area contributed by atoms with Gasteiger partial charge in [0, 0.05) is 0 Å². The fraction of sp³-hybridized carbons (Fsp3) is 1.00. The molecule has 3 heteroatoms. The number of alkyl halides is 2. The van der Waals surface area contributed by atoms with E-state index < -0.39 is 0 Å². The zero-order valence-corrected chi connectivity index (χ0v) is 5.88. The SMILES string of the molecule is ClC(Cl)C[As]. The molecule has 0 unspecified atom stereocenters. The van der Waals surface area contributed by atoms with Crippen molar-refractivity contribution in [2.45, 2.75) is 10.0 Å². The Morgan fingerprint density at radius 3 is 1.80 bits per heavy atom. The third-order valence-corrected chi connectivity index (χ3v) is 2.15. The fourth-order valence-corrected chi connectivity index (χ4v) is 0. The molecule has 0 amide bonds. The van der Waals surface area contributed by atoms with Crippen molar-refractivity contribution >= 4 is 40.1 Å². The molecule has 0 nitrogen and oxygen atoms in total. The Morgan fingerprint density at radius 2 is 1.80 bits per heavy atom. The van der Waals surface area contributed by atoms with Gasteiger partial charge in [-0.05, 0) is 0 Å². The molecule has 0 heterocycles. The Hall–Kier alpha value is 1.14. The molecule has 30 valence electrons. The van der Waals surface area contributed by atoms with Crippen molar-refractivity contribution in [3.8, 4) is 0 Å². The summed E-state index contributed by atoms with van der Waals surface area (Å²) in [5, 5.41) is 0.774. The third kappa shape index (κ3) is 5.14. The second-order valence-electron chi connectivity index (χ2n) is 0.574. The minimum absolute atomic E-state index is 0.199. The molecular formula is C2H3AsCl2. The maximum absolute atomic E-state index is 5.21. The molecular weight excluding hydrogens is 170 g/mol. The van der Waals surface area contributed by atoms with Crippen LogP contribution in [0.25, 0.3) is 0 Å². The van der Waals surface area contributed by atoms with Gasteiger partial charge in [-0.25, -0.2) is 0 Å². The van der Waals surface area contributed by atoms with Gasteiger partial charge in [-0.1, -0.05) is 0 Å². The molecule has 0 aromatic carbocycles. The molecule has 0 bridgehead atoms. The van der Waals surface area contributed by atoms with E-state index in [2.05, 4.69) is 16.9 Å². The van der Waals surface area contributed by atoms with Crippen LogP contribution in [-0.4, -0.2) is 21.7 Å². The van der Waals surface area contributed by atoms with E-state index in [0.29, 0.717) is 0 Å². The summed E-state index contributed by atoms with van der Waals surface area (Å²) < 4.78 is 0. The van der Waals surface area contributed by atoms with Gasteiger partial charge in [0.25, 0.3) is 0 Å². The van der Waals surface area contributed by atoms with Crippen LogP contribution in [0.3, 0.4) is 0 Å². The van der Waals surface area contributed by atoms with E-state index in [1.165, 1.54) is 0 Å². The van der Waals surface area contributed by atoms with E-state index in [1.54, 1.807) is 0 Å². The Morgan fingerprint density at radius 1 is 1.60 bits per heavy atom. The van der Waals surface area contributed by atoms with Crippen molar-refractivity contribution in [2.24, 2.45) is 0 Å². The molecule has 0 atom stereocenters. The first-order chi connectivity index (χ1) is 2.27. The normalized spacial score (nSPS) is 9.60. The third-order valence-electron chi connectivity index (χ3n) is 0.138. The van der Waals surface area contributed by atoms with Gasteiger partial charge in [-0.2, -0.15) is 0 Å². The maximum atomic E-state index is 5.21. The fourth-order valence-electron chi connectivity index (χ4n) is 0. The van der Waals surface area contributed by atoms with E-state index >= 15 is 0 Å². The van der Waals surface area contributed by atoms with Crippen LogP contribution >= 0.6 is 23.2 Å². The number of halogens is 2. The summed E-state index contributed by atoms with van der Waals surface area (Å²) in [5.41, 5.74) is 0. The molecule has 0 aromatic heterocycles.